The van der Waals surface area contributed by atoms with Gasteiger partial charge in [0.05, 0.1) is 13.2 Å². The van der Waals surface area contributed by atoms with Crippen molar-refractivity contribution in [3.05, 3.63) is 0 Å². The Morgan fingerprint density at radius 1 is 1.25 bits per heavy atom. The normalized spacial score (nSPS) is 13.7. The molecule has 0 aromatic rings. The predicted octanol–water partition coefficient (Wildman–Crippen LogP) is 0.561. The van der Waals surface area contributed by atoms with E-state index in [4.69, 9.17) is 9.84 Å². The Labute approximate surface area is 100.0 Å². The number of nitrogens with one attached hydrogen (secondary N) is 1. The summed E-state index contributed by atoms with van der Waals surface area (Å²) in [4.78, 5) is 2.25. The summed E-state index contributed by atoms with van der Waals surface area (Å²) in [6, 6.07) is 0.535. The molecule has 0 aliphatic heterocycles. The molecule has 98 valence electrons. The third-order valence-corrected chi connectivity index (χ3v) is 2.47. The van der Waals surface area contributed by atoms with Gasteiger partial charge in [0, 0.05) is 32.8 Å². The molecule has 4 heteroatoms. The van der Waals surface area contributed by atoms with E-state index in [2.05, 4.69) is 31.0 Å². The minimum atomic E-state index is 0.216. The van der Waals surface area contributed by atoms with E-state index < -0.39 is 0 Å². The largest absolute Gasteiger partial charge is 0.395 e. The fourth-order valence-electron chi connectivity index (χ4n) is 1.60. The zero-order valence-corrected chi connectivity index (χ0v) is 11.2. The second-order valence-electron chi connectivity index (χ2n) is 4.69. The highest BCUT2D eigenvalue weighted by Crippen LogP contribution is 1.99. The highest BCUT2D eigenvalue weighted by atomic mass is 16.5. The van der Waals surface area contributed by atoms with Crippen molar-refractivity contribution < 1.29 is 9.84 Å². The van der Waals surface area contributed by atoms with Crippen LogP contribution in [-0.4, -0.2) is 62.6 Å². The molecule has 0 fully saturated rings. The first kappa shape index (κ1) is 15.8. The van der Waals surface area contributed by atoms with Crippen LogP contribution >= 0.6 is 0 Å². The SMILES string of the molecule is COCCN(CCO)CC(C)CNC(C)C. The van der Waals surface area contributed by atoms with Gasteiger partial charge in [0.15, 0.2) is 0 Å². The predicted molar refractivity (Wildman–Crippen MR) is 67.7 cm³/mol. The molecule has 0 bridgehead atoms. The Bertz CT molecular complexity index is 154. The molecule has 0 saturated carbocycles. The maximum atomic E-state index is 8.97. The van der Waals surface area contributed by atoms with E-state index in [0.29, 0.717) is 12.0 Å². The summed E-state index contributed by atoms with van der Waals surface area (Å²) in [5, 5.41) is 12.4. The monoisotopic (exact) mass is 232 g/mol. The molecule has 0 aromatic carbocycles. The minimum Gasteiger partial charge on any atom is -0.395 e. The number of aliphatic hydroxyl groups is 1. The molecule has 0 radical (unpaired) electrons. The molecule has 0 amide bonds. The van der Waals surface area contributed by atoms with E-state index in [9.17, 15) is 0 Å². The van der Waals surface area contributed by atoms with Gasteiger partial charge in [-0.1, -0.05) is 20.8 Å². The standard InChI is InChI=1S/C12H28N2O2/c1-11(2)13-9-12(3)10-14(5-7-15)6-8-16-4/h11-13,15H,5-10H2,1-4H3. The van der Waals surface area contributed by atoms with Gasteiger partial charge >= 0.3 is 0 Å². The Morgan fingerprint density at radius 3 is 2.44 bits per heavy atom. The maximum absolute atomic E-state index is 8.97. The summed E-state index contributed by atoms with van der Waals surface area (Å²) in [5.74, 6) is 0.589. The van der Waals surface area contributed by atoms with Gasteiger partial charge in [-0.2, -0.15) is 0 Å². The number of rotatable bonds is 10. The quantitative estimate of drug-likeness (QED) is 0.578. The summed E-state index contributed by atoms with van der Waals surface area (Å²) in [6.45, 7) is 11.1. The zero-order valence-electron chi connectivity index (χ0n) is 11.2. The van der Waals surface area contributed by atoms with E-state index in [-0.39, 0.29) is 6.61 Å². The Morgan fingerprint density at radius 2 is 1.94 bits per heavy atom. The second-order valence-corrected chi connectivity index (χ2v) is 4.69. The topological polar surface area (TPSA) is 44.7 Å². The fourth-order valence-corrected chi connectivity index (χ4v) is 1.60. The smallest absolute Gasteiger partial charge is 0.0589 e. The van der Waals surface area contributed by atoms with Crippen LogP contribution in [0.15, 0.2) is 0 Å². The second kappa shape index (κ2) is 10.0. The van der Waals surface area contributed by atoms with E-state index in [1.807, 2.05) is 0 Å². The number of hydrogen-bond donors (Lipinski definition) is 2. The lowest BCUT2D eigenvalue weighted by atomic mass is 10.1. The number of ether oxygens (including phenoxy) is 1. The van der Waals surface area contributed by atoms with Crippen molar-refractivity contribution in [1.29, 1.82) is 0 Å². The van der Waals surface area contributed by atoms with E-state index in [1.54, 1.807) is 7.11 Å². The third-order valence-electron chi connectivity index (χ3n) is 2.47. The summed E-state index contributed by atoms with van der Waals surface area (Å²) in [5.41, 5.74) is 0. The minimum absolute atomic E-state index is 0.216. The van der Waals surface area contributed by atoms with Gasteiger partial charge in [-0.15, -0.1) is 0 Å². The molecule has 0 spiro atoms. The number of aliphatic hydroxyl groups excluding tert-OH is 1. The molecule has 0 heterocycles. The molecule has 4 nitrogen and oxygen atoms in total. The molecule has 0 aliphatic carbocycles. The van der Waals surface area contributed by atoms with Crippen molar-refractivity contribution >= 4 is 0 Å². The average molecular weight is 232 g/mol. The zero-order chi connectivity index (χ0) is 12.4. The van der Waals surface area contributed by atoms with Crippen molar-refractivity contribution in [2.75, 3.05) is 46.5 Å². The van der Waals surface area contributed by atoms with E-state index in [1.165, 1.54) is 0 Å². The van der Waals surface area contributed by atoms with Crippen LogP contribution in [0.5, 0.6) is 0 Å². The summed E-state index contributed by atoms with van der Waals surface area (Å²) < 4.78 is 5.06. The molecule has 0 rings (SSSR count). The molecule has 16 heavy (non-hydrogen) atoms. The number of methoxy groups -OCH3 is 1. The lowest BCUT2D eigenvalue weighted by molar-refractivity contribution is 0.120. The Balaban J connectivity index is 3.77. The third kappa shape index (κ3) is 9.09. The van der Waals surface area contributed by atoms with Crippen LogP contribution in [0, 0.1) is 5.92 Å². The van der Waals surface area contributed by atoms with Crippen LogP contribution in [0.3, 0.4) is 0 Å². The van der Waals surface area contributed by atoms with E-state index >= 15 is 0 Å². The van der Waals surface area contributed by atoms with E-state index in [0.717, 1.165) is 32.8 Å². The molecule has 0 aromatic heterocycles. The Hall–Kier alpha value is -0.160. The number of hydrogen-bond acceptors (Lipinski definition) is 4. The van der Waals surface area contributed by atoms with Crippen molar-refractivity contribution in [3.63, 3.8) is 0 Å². The first-order valence-electron chi connectivity index (χ1n) is 6.15. The molecule has 0 saturated heterocycles. The summed E-state index contributed by atoms with van der Waals surface area (Å²) in [7, 11) is 1.71. The van der Waals surface area contributed by atoms with Gasteiger partial charge < -0.3 is 15.2 Å². The van der Waals surface area contributed by atoms with Gasteiger partial charge in [-0.25, -0.2) is 0 Å². The van der Waals surface area contributed by atoms with Crippen molar-refractivity contribution in [1.82, 2.24) is 10.2 Å². The highest BCUT2D eigenvalue weighted by Gasteiger charge is 2.09. The van der Waals surface area contributed by atoms with Crippen molar-refractivity contribution in [3.8, 4) is 0 Å². The molecular formula is C12H28N2O2. The number of nitrogens with zero attached hydrogens (tertiary/aromatic N) is 1. The lowest BCUT2D eigenvalue weighted by Gasteiger charge is -2.25. The lowest BCUT2D eigenvalue weighted by Crippen LogP contribution is -2.38. The molecule has 2 N–H and O–H groups in total. The molecular weight excluding hydrogens is 204 g/mol. The van der Waals surface area contributed by atoms with Gasteiger partial charge in [-0.05, 0) is 12.5 Å². The highest BCUT2D eigenvalue weighted by molar-refractivity contribution is 4.66. The first-order chi connectivity index (χ1) is 7.60. The Kier molecular flexibility index (Phi) is 9.92. The van der Waals surface area contributed by atoms with Crippen LogP contribution in [-0.2, 0) is 4.74 Å². The maximum Gasteiger partial charge on any atom is 0.0589 e. The van der Waals surface area contributed by atoms with Gasteiger partial charge in [0.25, 0.3) is 0 Å². The molecule has 0 aliphatic rings. The van der Waals surface area contributed by atoms with Crippen LogP contribution < -0.4 is 5.32 Å². The average Bonchev–Trinajstić information content (AvgIpc) is 2.23. The van der Waals surface area contributed by atoms with Gasteiger partial charge in [0.1, 0.15) is 0 Å². The van der Waals surface area contributed by atoms with Crippen LogP contribution in [0.4, 0.5) is 0 Å². The summed E-state index contributed by atoms with van der Waals surface area (Å²) in [6.07, 6.45) is 0. The van der Waals surface area contributed by atoms with Crippen LogP contribution in [0.25, 0.3) is 0 Å². The van der Waals surface area contributed by atoms with Gasteiger partial charge in [0.2, 0.25) is 0 Å². The molecule has 1 atom stereocenters. The van der Waals surface area contributed by atoms with Crippen LogP contribution in [0.2, 0.25) is 0 Å². The van der Waals surface area contributed by atoms with Crippen LogP contribution in [0.1, 0.15) is 20.8 Å². The first-order valence-corrected chi connectivity index (χ1v) is 6.15. The molecule has 1 unspecified atom stereocenters. The van der Waals surface area contributed by atoms with Crippen molar-refractivity contribution in [2.45, 2.75) is 26.8 Å². The summed E-state index contributed by atoms with van der Waals surface area (Å²) >= 11 is 0. The van der Waals surface area contributed by atoms with Gasteiger partial charge in [-0.3, -0.25) is 4.90 Å². The fraction of sp³-hybridized carbons (Fsp3) is 1.00. The van der Waals surface area contributed by atoms with Crippen molar-refractivity contribution in [2.24, 2.45) is 5.92 Å².